The Hall–Kier alpha value is -2.24. The number of alkyl carbamates (subject to hydrolysis) is 2. The molecule has 0 bridgehead atoms. The van der Waals surface area contributed by atoms with Gasteiger partial charge in [0.25, 0.3) is 0 Å². The van der Waals surface area contributed by atoms with Crippen molar-refractivity contribution in [3.8, 4) is 0 Å². The van der Waals surface area contributed by atoms with Crippen LogP contribution in [0.3, 0.4) is 0 Å². The van der Waals surface area contributed by atoms with E-state index in [-0.39, 0.29) is 12.2 Å². The number of carbonyl (C=O) groups is 2. The molecule has 1 aromatic carbocycles. The number of unbranched alkanes of at least 4 members (excludes halogenated alkanes) is 2. The van der Waals surface area contributed by atoms with Gasteiger partial charge in [-0.15, -0.1) is 0 Å². The lowest BCUT2D eigenvalue weighted by molar-refractivity contribution is 0.143. The van der Waals surface area contributed by atoms with Gasteiger partial charge in [-0.3, -0.25) is 0 Å². The van der Waals surface area contributed by atoms with E-state index in [0.717, 1.165) is 59.1 Å². The molecule has 2 N–H and O–H groups in total. The summed E-state index contributed by atoms with van der Waals surface area (Å²) in [4.78, 5) is 23.7. The zero-order valence-corrected chi connectivity index (χ0v) is 18.3. The maximum atomic E-state index is 11.8. The Bertz CT molecular complexity index is 585. The van der Waals surface area contributed by atoms with Gasteiger partial charge in [0.2, 0.25) is 0 Å². The Labute approximate surface area is 169 Å². The normalized spacial score (nSPS) is 10.5. The SMILES string of the molecule is CCCCOC(=O)NCc1c(C)c(C)c(CNC(=O)OCCCC)c(C)c1C. The Morgan fingerprint density at radius 3 is 1.29 bits per heavy atom. The first-order chi connectivity index (χ1) is 13.3. The second kappa shape index (κ2) is 12.3. The Morgan fingerprint density at radius 2 is 1.00 bits per heavy atom. The third-order valence-electron chi connectivity index (χ3n) is 5.22. The lowest BCUT2D eigenvalue weighted by atomic mass is 9.89. The van der Waals surface area contributed by atoms with Crippen LogP contribution in [-0.4, -0.2) is 25.4 Å². The Kier molecular flexibility index (Phi) is 10.4. The van der Waals surface area contributed by atoms with Crippen molar-refractivity contribution in [2.24, 2.45) is 0 Å². The molecule has 1 rings (SSSR count). The molecule has 0 saturated heterocycles. The van der Waals surface area contributed by atoms with E-state index in [9.17, 15) is 9.59 Å². The molecule has 6 nitrogen and oxygen atoms in total. The fourth-order valence-electron chi connectivity index (χ4n) is 3.04. The van der Waals surface area contributed by atoms with Crippen LogP contribution in [0.4, 0.5) is 9.59 Å². The zero-order valence-electron chi connectivity index (χ0n) is 18.3. The van der Waals surface area contributed by atoms with Crippen molar-refractivity contribution in [2.45, 2.75) is 80.3 Å². The molecule has 2 amide bonds. The molecule has 1 aromatic rings. The number of nitrogens with one attached hydrogen (secondary N) is 2. The second-order valence-corrected chi connectivity index (χ2v) is 7.14. The minimum absolute atomic E-state index is 0.386. The largest absolute Gasteiger partial charge is 0.450 e. The number of carbonyl (C=O) groups excluding carboxylic acids is 2. The number of amides is 2. The maximum Gasteiger partial charge on any atom is 0.407 e. The van der Waals surface area contributed by atoms with Crippen LogP contribution in [0, 0.1) is 27.7 Å². The number of benzene rings is 1. The summed E-state index contributed by atoms with van der Waals surface area (Å²) in [6, 6.07) is 0. The predicted molar refractivity (Wildman–Crippen MR) is 112 cm³/mol. The first-order valence-electron chi connectivity index (χ1n) is 10.2. The molecule has 0 spiro atoms. The molecule has 158 valence electrons. The van der Waals surface area contributed by atoms with E-state index in [1.165, 1.54) is 0 Å². The van der Waals surface area contributed by atoms with E-state index >= 15 is 0 Å². The van der Waals surface area contributed by atoms with E-state index in [4.69, 9.17) is 9.47 Å². The van der Waals surface area contributed by atoms with Crippen molar-refractivity contribution < 1.29 is 19.1 Å². The Balaban J connectivity index is 2.78. The molecule has 0 fully saturated rings. The number of rotatable bonds is 10. The highest BCUT2D eigenvalue weighted by Gasteiger charge is 2.16. The van der Waals surface area contributed by atoms with Gasteiger partial charge in [-0.2, -0.15) is 0 Å². The topological polar surface area (TPSA) is 76.7 Å². The molecule has 0 saturated carbocycles. The predicted octanol–water partition coefficient (Wildman–Crippen LogP) is 4.97. The standard InChI is InChI=1S/C22H36N2O4/c1-7-9-11-27-21(25)23-13-19-15(3)17(5)20(18(6)16(19)4)14-24-22(26)28-12-10-8-2/h7-14H2,1-6H3,(H,23,25)(H,24,26). The van der Waals surface area contributed by atoms with Crippen LogP contribution in [0.2, 0.25) is 0 Å². The van der Waals surface area contributed by atoms with Crippen molar-refractivity contribution in [1.29, 1.82) is 0 Å². The summed E-state index contributed by atoms with van der Waals surface area (Å²) in [6.45, 7) is 14.0. The van der Waals surface area contributed by atoms with Crippen molar-refractivity contribution in [2.75, 3.05) is 13.2 Å². The molecule has 0 heterocycles. The van der Waals surface area contributed by atoms with Gasteiger partial charge in [-0.1, -0.05) is 26.7 Å². The summed E-state index contributed by atoms with van der Waals surface area (Å²) in [7, 11) is 0. The smallest absolute Gasteiger partial charge is 0.407 e. The molecule has 28 heavy (non-hydrogen) atoms. The summed E-state index contributed by atoms with van der Waals surface area (Å²) in [5.74, 6) is 0. The van der Waals surface area contributed by atoms with Gasteiger partial charge < -0.3 is 20.1 Å². The van der Waals surface area contributed by atoms with Crippen LogP contribution >= 0.6 is 0 Å². The van der Waals surface area contributed by atoms with Crippen LogP contribution < -0.4 is 10.6 Å². The van der Waals surface area contributed by atoms with Gasteiger partial charge in [-0.05, 0) is 73.9 Å². The van der Waals surface area contributed by atoms with E-state index < -0.39 is 0 Å². The number of hydrogen-bond acceptors (Lipinski definition) is 4. The summed E-state index contributed by atoms with van der Waals surface area (Å²) in [5, 5.41) is 5.68. The zero-order chi connectivity index (χ0) is 21.1. The summed E-state index contributed by atoms with van der Waals surface area (Å²) < 4.78 is 10.3. The number of hydrogen-bond donors (Lipinski definition) is 2. The third-order valence-corrected chi connectivity index (χ3v) is 5.22. The van der Waals surface area contributed by atoms with Crippen molar-refractivity contribution in [3.63, 3.8) is 0 Å². The van der Waals surface area contributed by atoms with Crippen molar-refractivity contribution in [1.82, 2.24) is 10.6 Å². The van der Waals surface area contributed by atoms with Gasteiger partial charge >= 0.3 is 12.2 Å². The van der Waals surface area contributed by atoms with Gasteiger partial charge in [0.1, 0.15) is 0 Å². The highest BCUT2D eigenvalue weighted by molar-refractivity contribution is 5.68. The summed E-state index contributed by atoms with van der Waals surface area (Å²) in [5.41, 5.74) is 6.66. The van der Waals surface area contributed by atoms with Crippen LogP contribution in [0.25, 0.3) is 0 Å². The van der Waals surface area contributed by atoms with Gasteiger partial charge in [-0.25, -0.2) is 9.59 Å². The van der Waals surface area contributed by atoms with Crippen LogP contribution in [-0.2, 0) is 22.6 Å². The summed E-state index contributed by atoms with van der Waals surface area (Å²) in [6.07, 6.45) is 2.95. The monoisotopic (exact) mass is 392 g/mol. The number of ether oxygens (including phenoxy) is 2. The van der Waals surface area contributed by atoms with Crippen molar-refractivity contribution >= 4 is 12.2 Å². The third kappa shape index (κ3) is 7.06. The molecule has 6 heteroatoms. The lowest BCUT2D eigenvalue weighted by Crippen LogP contribution is -2.27. The first-order valence-corrected chi connectivity index (χ1v) is 10.2. The molecule has 0 atom stereocenters. The van der Waals surface area contributed by atoms with Gasteiger partial charge in [0, 0.05) is 13.1 Å². The fraction of sp³-hybridized carbons (Fsp3) is 0.636. The minimum Gasteiger partial charge on any atom is -0.450 e. The van der Waals surface area contributed by atoms with Gasteiger partial charge in [0.15, 0.2) is 0 Å². The molecule has 0 aliphatic heterocycles. The average Bonchev–Trinajstić information content (AvgIpc) is 2.67. The summed E-state index contributed by atoms with van der Waals surface area (Å²) >= 11 is 0. The van der Waals surface area contributed by atoms with Gasteiger partial charge in [0.05, 0.1) is 13.2 Å². The van der Waals surface area contributed by atoms with Crippen molar-refractivity contribution in [3.05, 3.63) is 33.4 Å². The van der Waals surface area contributed by atoms with Crippen LogP contribution in [0.5, 0.6) is 0 Å². The quantitative estimate of drug-likeness (QED) is 0.551. The average molecular weight is 393 g/mol. The molecule has 0 aliphatic carbocycles. The first kappa shape index (κ1) is 23.8. The van der Waals surface area contributed by atoms with E-state index in [2.05, 4.69) is 24.5 Å². The lowest BCUT2D eigenvalue weighted by Gasteiger charge is -2.21. The highest BCUT2D eigenvalue weighted by atomic mass is 16.6. The molecular weight excluding hydrogens is 356 g/mol. The second-order valence-electron chi connectivity index (χ2n) is 7.14. The molecule has 0 aromatic heterocycles. The van der Waals surface area contributed by atoms with E-state index in [1.807, 2.05) is 27.7 Å². The minimum atomic E-state index is -0.386. The molecule has 0 aliphatic rings. The Morgan fingerprint density at radius 1 is 0.679 bits per heavy atom. The molecule has 0 unspecified atom stereocenters. The molecule has 0 radical (unpaired) electrons. The fourth-order valence-corrected chi connectivity index (χ4v) is 3.04. The van der Waals surface area contributed by atoms with Crippen LogP contribution in [0.1, 0.15) is 72.9 Å². The van der Waals surface area contributed by atoms with Crippen LogP contribution in [0.15, 0.2) is 0 Å². The van der Waals surface area contributed by atoms with E-state index in [0.29, 0.717) is 26.3 Å². The molecular formula is C22H36N2O4. The van der Waals surface area contributed by atoms with E-state index in [1.54, 1.807) is 0 Å². The maximum absolute atomic E-state index is 11.8. The highest BCUT2D eigenvalue weighted by Crippen LogP contribution is 2.26.